The molecule has 2 aliphatic heterocycles. The molecule has 3 amide bonds. The first-order valence-corrected chi connectivity index (χ1v) is 11.4. The first kappa shape index (κ1) is 20.7. The van der Waals surface area contributed by atoms with Crippen molar-refractivity contribution in [2.75, 3.05) is 23.3 Å². The quantitative estimate of drug-likeness (QED) is 0.546. The number of amides is 3. The van der Waals surface area contributed by atoms with Gasteiger partial charge in [0.15, 0.2) is 0 Å². The molecule has 0 aliphatic carbocycles. The fourth-order valence-electron chi connectivity index (χ4n) is 4.08. The van der Waals surface area contributed by atoms with Crippen LogP contribution in [0.5, 0.6) is 5.88 Å². The molecule has 3 aromatic heterocycles. The number of nitrogens with one attached hydrogen (secondary N) is 3. The molecule has 5 heterocycles. The third kappa shape index (κ3) is 3.55. The van der Waals surface area contributed by atoms with Crippen LogP contribution in [0.1, 0.15) is 35.5 Å². The second kappa shape index (κ2) is 8.03. The predicted molar refractivity (Wildman–Crippen MR) is 124 cm³/mol. The first-order chi connectivity index (χ1) is 15.4. The predicted octanol–water partition coefficient (Wildman–Crippen LogP) is 3.56. The molecule has 1 fully saturated rings. The molecule has 3 N–H and O–H groups in total. The number of anilines is 3. The van der Waals surface area contributed by atoms with Crippen molar-refractivity contribution in [1.29, 1.82) is 0 Å². The molecule has 9 nitrogen and oxygen atoms in total. The molecule has 0 unspecified atom stereocenters. The normalized spacial score (nSPS) is 17.7. The fourth-order valence-corrected chi connectivity index (χ4v) is 5.10. The van der Waals surface area contributed by atoms with E-state index in [1.54, 1.807) is 23.4 Å². The van der Waals surface area contributed by atoms with Gasteiger partial charge >= 0.3 is 6.03 Å². The van der Waals surface area contributed by atoms with Gasteiger partial charge in [0.25, 0.3) is 5.91 Å². The number of ether oxygens (including phenoxy) is 1. The molecule has 1 saturated heterocycles. The van der Waals surface area contributed by atoms with E-state index in [0.717, 1.165) is 30.5 Å². The van der Waals surface area contributed by atoms with E-state index in [0.29, 0.717) is 32.6 Å². The van der Waals surface area contributed by atoms with Gasteiger partial charge in [-0.3, -0.25) is 9.69 Å². The first-order valence-electron chi connectivity index (χ1n) is 10.6. The molecular weight excluding hydrogens is 428 g/mol. The number of nitrogens with zero attached hydrogens (tertiary/aromatic N) is 3. The van der Waals surface area contributed by atoms with Gasteiger partial charge in [0.2, 0.25) is 5.88 Å². The molecule has 5 rings (SSSR count). The number of carbonyl (C=O) groups excluding carboxylic acids is 2. The van der Waals surface area contributed by atoms with Gasteiger partial charge in [-0.1, -0.05) is 0 Å². The van der Waals surface area contributed by atoms with E-state index in [1.165, 1.54) is 11.3 Å². The van der Waals surface area contributed by atoms with Gasteiger partial charge in [-0.2, -0.15) is 0 Å². The largest absolute Gasteiger partial charge is 0.475 e. The minimum absolute atomic E-state index is 0.00352. The van der Waals surface area contributed by atoms with E-state index in [2.05, 4.69) is 25.9 Å². The number of rotatable bonds is 5. The zero-order valence-electron chi connectivity index (χ0n) is 18.1. The van der Waals surface area contributed by atoms with Crippen LogP contribution in [0.2, 0.25) is 0 Å². The number of pyridine rings is 2. The lowest BCUT2D eigenvalue weighted by Gasteiger charge is -2.29. The monoisotopic (exact) mass is 452 g/mol. The van der Waals surface area contributed by atoms with Crippen molar-refractivity contribution in [3.63, 3.8) is 0 Å². The Morgan fingerprint density at radius 1 is 1.34 bits per heavy atom. The van der Waals surface area contributed by atoms with Crippen molar-refractivity contribution in [2.45, 2.75) is 39.3 Å². The minimum atomic E-state index is -0.345. The van der Waals surface area contributed by atoms with Crippen LogP contribution in [0.15, 0.2) is 24.5 Å². The van der Waals surface area contributed by atoms with Crippen LogP contribution in [0.25, 0.3) is 10.2 Å². The lowest BCUT2D eigenvalue weighted by atomic mass is 10.1. The zero-order valence-corrected chi connectivity index (χ0v) is 18.9. The maximum Gasteiger partial charge on any atom is 0.331 e. The summed E-state index contributed by atoms with van der Waals surface area (Å²) in [6.45, 7) is 7.42. The van der Waals surface area contributed by atoms with Crippen LogP contribution in [-0.4, -0.2) is 47.1 Å². The Hall–Kier alpha value is -3.24. The number of hydrogen-bond donors (Lipinski definition) is 3. The van der Waals surface area contributed by atoms with E-state index in [4.69, 9.17) is 4.74 Å². The number of thiophene rings is 1. The number of hydrogen-bond acceptors (Lipinski definition) is 7. The second-order valence-electron chi connectivity index (χ2n) is 8.22. The van der Waals surface area contributed by atoms with Gasteiger partial charge in [-0.15, -0.1) is 11.3 Å². The highest BCUT2D eigenvalue weighted by molar-refractivity contribution is 7.21. The van der Waals surface area contributed by atoms with Crippen molar-refractivity contribution >= 4 is 50.6 Å². The summed E-state index contributed by atoms with van der Waals surface area (Å²) in [6.07, 6.45) is 4.18. The standard InChI is InChI=1S/C22H24N6O3S/c1-11(2)31-16-8-12(3)15(10-25-16)28-14-5-7-24-21-17(14)18(27-22(28)30)19(32-21)20(29)26-13-4-6-23-9-13/h5,7-8,10-11,13,23H,4,6,9H2,1-3H3,(H,26,29)(H,27,30)/t13-/m1/s1. The van der Waals surface area contributed by atoms with Crippen LogP contribution in [0.3, 0.4) is 0 Å². The van der Waals surface area contributed by atoms with Crippen LogP contribution in [0.4, 0.5) is 21.9 Å². The Labute approximate surface area is 189 Å². The van der Waals surface area contributed by atoms with Crippen LogP contribution >= 0.6 is 11.3 Å². The molecule has 0 saturated carbocycles. The van der Waals surface area contributed by atoms with Crippen molar-refractivity contribution in [1.82, 2.24) is 20.6 Å². The number of aryl methyl sites for hydroxylation is 1. The molecule has 32 heavy (non-hydrogen) atoms. The van der Waals surface area contributed by atoms with Gasteiger partial charge in [0.1, 0.15) is 9.71 Å². The molecule has 2 aliphatic rings. The average molecular weight is 453 g/mol. The van der Waals surface area contributed by atoms with Crippen molar-refractivity contribution < 1.29 is 14.3 Å². The van der Waals surface area contributed by atoms with E-state index in [9.17, 15) is 9.59 Å². The van der Waals surface area contributed by atoms with Gasteiger partial charge < -0.3 is 20.7 Å². The van der Waals surface area contributed by atoms with Gasteiger partial charge in [0.05, 0.1) is 34.7 Å². The Morgan fingerprint density at radius 3 is 2.91 bits per heavy atom. The molecule has 3 aromatic rings. The summed E-state index contributed by atoms with van der Waals surface area (Å²) in [5.74, 6) is 0.319. The molecule has 166 valence electrons. The molecule has 10 heteroatoms. The summed E-state index contributed by atoms with van der Waals surface area (Å²) in [5.41, 5.74) is 2.68. The van der Waals surface area contributed by atoms with Crippen molar-refractivity contribution in [3.05, 3.63) is 35.0 Å². The maximum atomic E-state index is 13.2. The smallest absolute Gasteiger partial charge is 0.331 e. The van der Waals surface area contributed by atoms with E-state index in [1.807, 2.05) is 26.8 Å². The summed E-state index contributed by atoms with van der Waals surface area (Å²) in [7, 11) is 0. The number of urea groups is 1. The van der Waals surface area contributed by atoms with E-state index >= 15 is 0 Å². The lowest BCUT2D eigenvalue weighted by molar-refractivity contribution is 0.0945. The van der Waals surface area contributed by atoms with Crippen molar-refractivity contribution in [2.24, 2.45) is 0 Å². The molecule has 1 atom stereocenters. The van der Waals surface area contributed by atoms with Crippen LogP contribution in [0, 0.1) is 6.92 Å². The highest BCUT2D eigenvalue weighted by Crippen LogP contribution is 2.46. The molecule has 0 radical (unpaired) electrons. The Morgan fingerprint density at radius 2 is 2.19 bits per heavy atom. The van der Waals surface area contributed by atoms with E-state index < -0.39 is 0 Å². The average Bonchev–Trinajstić information content (AvgIpc) is 3.37. The van der Waals surface area contributed by atoms with E-state index in [-0.39, 0.29) is 24.1 Å². The molecule has 0 aromatic carbocycles. The zero-order chi connectivity index (χ0) is 22.4. The van der Waals surface area contributed by atoms with Gasteiger partial charge in [-0.25, -0.2) is 14.8 Å². The summed E-state index contributed by atoms with van der Waals surface area (Å²) >= 11 is 1.29. The summed E-state index contributed by atoms with van der Waals surface area (Å²) in [4.78, 5) is 37.8. The Bertz CT molecular complexity index is 1220. The second-order valence-corrected chi connectivity index (χ2v) is 9.22. The molecule has 0 spiro atoms. The van der Waals surface area contributed by atoms with Gasteiger partial charge in [-0.05, 0) is 45.4 Å². The highest BCUT2D eigenvalue weighted by Gasteiger charge is 2.34. The number of aromatic nitrogens is 2. The molecule has 0 bridgehead atoms. The van der Waals surface area contributed by atoms with Crippen LogP contribution < -0.4 is 25.6 Å². The lowest BCUT2D eigenvalue weighted by Crippen LogP contribution is -2.37. The highest BCUT2D eigenvalue weighted by atomic mass is 32.1. The Kier molecular flexibility index (Phi) is 5.18. The summed E-state index contributed by atoms with van der Waals surface area (Å²) in [5, 5.41) is 9.98. The number of carbonyl (C=O) groups is 2. The third-order valence-corrected chi connectivity index (χ3v) is 6.60. The third-order valence-electron chi connectivity index (χ3n) is 5.50. The summed E-state index contributed by atoms with van der Waals surface area (Å²) < 4.78 is 5.67. The summed E-state index contributed by atoms with van der Waals surface area (Å²) in [6, 6.07) is 3.35. The van der Waals surface area contributed by atoms with Gasteiger partial charge in [0, 0.05) is 24.8 Å². The maximum absolute atomic E-state index is 13.2. The van der Waals surface area contributed by atoms with Crippen LogP contribution in [-0.2, 0) is 0 Å². The fraction of sp³-hybridized carbons (Fsp3) is 0.364. The van der Waals surface area contributed by atoms with Crippen molar-refractivity contribution in [3.8, 4) is 5.88 Å². The Balaban J connectivity index is 1.55. The minimum Gasteiger partial charge on any atom is -0.475 e. The topological polar surface area (TPSA) is 108 Å². The SMILES string of the molecule is Cc1cc(OC(C)C)ncc1N1C(=O)Nc2c(C(=O)N[C@@H]3CCNC3)sc3nccc1c23. The molecular formula is C22H24N6O3S.